The standard InChI is InChI=1S/C45H27N3O/c1-5-13-39-33(9-1)34-10-2-6-14-40(34)48(39)32-22-24-42-37(27-32)35-11-3-7-15-41(35)47(42)31-20-17-28(18-21-31)29-19-23-38-30(25-29)26-44-45(46-38)36-12-4-8-16-43(36)49-44/h1-27H. The van der Waals surface area contributed by atoms with E-state index in [-0.39, 0.29) is 0 Å². The van der Waals surface area contributed by atoms with Crippen LogP contribution in [0.4, 0.5) is 0 Å². The van der Waals surface area contributed by atoms with Crippen LogP contribution in [0.3, 0.4) is 0 Å². The summed E-state index contributed by atoms with van der Waals surface area (Å²) >= 11 is 0. The molecule has 0 spiro atoms. The van der Waals surface area contributed by atoms with Crippen LogP contribution in [-0.2, 0) is 0 Å². The number of benzene rings is 7. The maximum Gasteiger partial charge on any atom is 0.154 e. The van der Waals surface area contributed by atoms with Gasteiger partial charge in [0.05, 0.1) is 27.6 Å². The number of hydrogen-bond acceptors (Lipinski definition) is 2. The molecule has 0 fully saturated rings. The zero-order valence-electron chi connectivity index (χ0n) is 26.3. The monoisotopic (exact) mass is 625 g/mol. The molecule has 11 aromatic rings. The largest absolute Gasteiger partial charge is 0.454 e. The normalized spacial score (nSPS) is 12.1. The Morgan fingerprint density at radius 1 is 0.388 bits per heavy atom. The number of aromatic nitrogens is 3. The van der Waals surface area contributed by atoms with Gasteiger partial charge in [0, 0.05) is 43.7 Å². The molecule has 0 aliphatic rings. The second kappa shape index (κ2) is 9.93. The molecule has 0 unspecified atom stereocenters. The molecular formula is C45H27N3O. The van der Waals surface area contributed by atoms with Crippen molar-refractivity contribution in [2.75, 3.05) is 0 Å². The summed E-state index contributed by atoms with van der Waals surface area (Å²) in [5.41, 5.74) is 13.0. The number of para-hydroxylation sites is 4. The van der Waals surface area contributed by atoms with Gasteiger partial charge in [-0.3, -0.25) is 0 Å². The van der Waals surface area contributed by atoms with Crippen molar-refractivity contribution in [1.82, 2.24) is 14.1 Å². The van der Waals surface area contributed by atoms with Gasteiger partial charge in [-0.05, 0) is 90.0 Å². The Hall–Kier alpha value is -6.65. The fourth-order valence-corrected chi connectivity index (χ4v) is 7.86. The first-order valence-electron chi connectivity index (χ1n) is 16.6. The molecule has 4 heteroatoms. The Labute approximate surface area is 280 Å². The third kappa shape index (κ3) is 3.83. The molecule has 0 aliphatic carbocycles. The van der Waals surface area contributed by atoms with Gasteiger partial charge in [0.25, 0.3) is 0 Å². The zero-order valence-corrected chi connectivity index (χ0v) is 26.3. The minimum absolute atomic E-state index is 0.814. The number of hydrogen-bond donors (Lipinski definition) is 0. The average molecular weight is 626 g/mol. The number of furan rings is 1. The summed E-state index contributed by atoms with van der Waals surface area (Å²) in [7, 11) is 0. The maximum atomic E-state index is 6.13. The Balaban J connectivity index is 1.03. The predicted octanol–water partition coefficient (Wildman–Crippen LogP) is 12.0. The maximum absolute atomic E-state index is 6.13. The van der Waals surface area contributed by atoms with Gasteiger partial charge in [-0.2, -0.15) is 0 Å². The molecule has 0 saturated heterocycles. The van der Waals surface area contributed by atoms with E-state index in [2.05, 4.69) is 155 Å². The van der Waals surface area contributed by atoms with E-state index in [1.807, 2.05) is 18.2 Å². The van der Waals surface area contributed by atoms with Crippen LogP contribution >= 0.6 is 0 Å². The predicted molar refractivity (Wildman–Crippen MR) is 203 cm³/mol. The molecule has 0 saturated carbocycles. The first-order valence-corrected chi connectivity index (χ1v) is 16.6. The molecule has 7 aromatic carbocycles. The van der Waals surface area contributed by atoms with E-state index in [4.69, 9.17) is 9.40 Å². The highest BCUT2D eigenvalue weighted by Gasteiger charge is 2.16. The van der Waals surface area contributed by atoms with Crippen LogP contribution in [-0.4, -0.2) is 14.1 Å². The van der Waals surface area contributed by atoms with Crippen molar-refractivity contribution in [2.45, 2.75) is 0 Å². The van der Waals surface area contributed by atoms with Crippen LogP contribution in [0.15, 0.2) is 168 Å². The smallest absolute Gasteiger partial charge is 0.154 e. The van der Waals surface area contributed by atoms with Crippen LogP contribution in [0.5, 0.6) is 0 Å². The van der Waals surface area contributed by atoms with Crippen molar-refractivity contribution in [2.24, 2.45) is 0 Å². The third-order valence-corrected chi connectivity index (χ3v) is 10.1. The highest BCUT2D eigenvalue weighted by Crippen LogP contribution is 2.38. The van der Waals surface area contributed by atoms with Crippen molar-refractivity contribution in [3.05, 3.63) is 164 Å². The lowest BCUT2D eigenvalue weighted by atomic mass is 10.0. The van der Waals surface area contributed by atoms with Gasteiger partial charge in [0.1, 0.15) is 11.1 Å². The fraction of sp³-hybridized carbons (Fsp3) is 0. The molecule has 0 aliphatic heterocycles. The van der Waals surface area contributed by atoms with Gasteiger partial charge in [-0.25, -0.2) is 4.98 Å². The number of fused-ring (bicyclic) bond motifs is 10. The Morgan fingerprint density at radius 2 is 0.939 bits per heavy atom. The van der Waals surface area contributed by atoms with E-state index in [0.29, 0.717) is 0 Å². The summed E-state index contributed by atoms with van der Waals surface area (Å²) in [5.74, 6) is 0. The SMILES string of the molecule is c1ccc2c(c1)oc1cc3cc(-c4ccc(-n5c6ccccc6c6cc(-n7c8ccccc8c8ccccc87)ccc65)cc4)ccc3nc12. The highest BCUT2D eigenvalue weighted by atomic mass is 16.3. The van der Waals surface area contributed by atoms with E-state index in [0.717, 1.165) is 55.5 Å². The summed E-state index contributed by atoms with van der Waals surface area (Å²) in [4.78, 5) is 4.96. The topological polar surface area (TPSA) is 35.9 Å². The van der Waals surface area contributed by atoms with Crippen LogP contribution in [0.1, 0.15) is 0 Å². The first-order chi connectivity index (χ1) is 24.3. The lowest BCUT2D eigenvalue weighted by Crippen LogP contribution is -1.96. The van der Waals surface area contributed by atoms with Gasteiger partial charge >= 0.3 is 0 Å². The highest BCUT2D eigenvalue weighted by molar-refractivity contribution is 6.12. The molecule has 11 rings (SSSR count). The van der Waals surface area contributed by atoms with Crippen LogP contribution < -0.4 is 0 Å². The van der Waals surface area contributed by atoms with Crippen molar-refractivity contribution in [3.8, 4) is 22.5 Å². The molecular weight excluding hydrogens is 599 g/mol. The molecule has 0 amide bonds. The quantitative estimate of drug-likeness (QED) is 0.196. The minimum atomic E-state index is 0.814. The summed E-state index contributed by atoms with van der Waals surface area (Å²) in [6, 6.07) is 58.6. The van der Waals surface area contributed by atoms with Crippen LogP contribution in [0, 0.1) is 0 Å². The molecule has 0 N–H and O–H groups in total. The summed E-state index contributed by atoms with van der Waals surface area (Å²) in [5, 5.41) is 7.13. The molecule has 4 aromatic heterocycles. The zero-order chi connectivity index (χ0) is 32.1. The summed E-state index contributed by atoms with van der Waals surface area (Å²) in [6.45, 7) is 0. The molecule has 0 radical (unpaired) electrons. The number of nitrogens with zero attached hydrogens (tertiary/aromatic N) is 3. The van der Waals surface area contributed by atoms with Crippen molar-refractivity contribution >= 4 is 76.6 Å². The second-order valence-corrected chi connectivity index (χ2v) is 12.8. The van der Waals surface area contributed by atoms with Crippen molar-refractivity contribution in [1.29, 1.82) is 0 Å². The number of rotatable bonds is 3. The number of pyridine rings is 1. The van der Waals surface area contributed by atoms with Gasteiger partial charge in [0.15, 0.2) is 5.58 Å². The van der Waals surface area contributed by atoms with E-state index >= 15 is 0 Å². The average Bonchev–Trinajstić information content (AvgIpc) is 3.81. The fourth-order valence-electron chi connectivity index (χ4n) is 7.86. The van der Waals surface area contributed by atoms with Gasteiger partial charge in [-0.15, -0.1) is 0 Å². The molecule has 49 heavy (non-hydrogen) atoms. The van der Waals surface area contributed by atoms with E-state index < -0.39 is 0 Å². The van der Waals surface area contributed by atoms with Gasteiger partial charge in [-0.1, -0.05) is 84.9 Å². The summed E-state index contributed by atoms with van der Waals surface area (Å²) in [6.07, 6.45) is 0. The molecule has 4 heterocycles. The van der Waals surface area contributed by atoms with E-state index in [1.165, 1.54) is 43.6 Å². The Morgan fingerprint density at radius 3 is 1.65 bits per heavy atom. The Bertz CT molecular complexity index is 3050. The van der Waals surface area contributed by atoms with E-state index in [9.17, 15) is 0 Å². The summed E-state index contributed by atoms with van der Waals surface area (Å²) < 4.78 is 10.9. The minimum Gasteiger partial charge on any atom is -0.454 e. The van der Waals surface area contributed by atoms with E-state index in [1.54, 1.807) is 0 Å². The lowest BCUT2D eigenvalue weighted by molar-refractivity contribution is 0.669. The lowest BCUT2D eigenvalue weighted by Gasteiger charge is -2.11. The molecule has 4 nitrogen and oxygen atoms in total. The van der Waals surface area contributed by atoms with Crippen LogP contribution in [0.2, 0.25) is 0 Å². The first kappa shape index (κ1) is 26.4. The molecule has 0 atom stereocenters. The van der Waals surface area contributed by atoms with Gasteiger partial charge < -0.3 is 13.6 Å². The Kier molecular flexibility index (Phi) is 5.35. The third-order valence-electron chi connectivity index (χ3n) is 10.1. The second-order valence-electron chi connectivity index (χ2n) is 12.8. The van der Waals surface area contributed by atoms with Crippen molar-refractivity contribution < 1.29 is 4.42 Å². The molecule has 228 valence electrons. The van der Waals surface area contributed by atoms with Crippen molar-refractivity contribution in [3.63, 3.8) is 0 Å². The molecule has 0 bridgehead atoms. The van der Waals surface area contributed by atoms with Gasteiger partial charge in [0.2, 0.25) is 0 Å². The van der Waals surface area contributed by atoms with Crippen LogP contribution in [0.25, 0.3) is 99.1 Å².